The molecule has 0 radical (unpaired) electrons. The van der Waals surface area contributed by atoms with Gasteiger partial charge in [-0.25, -0.2) is 8.42 Å². The first-order chi connectivity index (χ1) is 9.00. The highest BCUT2D eigenvalue weighted by molar-refractivity contribution is 7.89. The molecular weight excluding hydrogens is 305 g/mol. The number of hydrogen-bond acceptors (Lipinski definition) is 2. The summed E-state index contributed by atoms with van der Waals surface area (Å²) >= 11 is 11.8. The van der Waals surface area contributed by atoms with Gasteiger partial charge < -0.3 is 0 Å². The average Bonchev–Trinajstić information content (AvgIpc) is 3.20. The summed E-state index contributed by atoms with van der Waals surface area (Å²) in [5.41, 5.74) is 0.761. The lowest BCUT2D eigenvalue weighted by molar-refractivity contribution is 0.403. The Labute approximate surface area is 124 Å². The van der Waals surface area contributed by atoms with Gasteiger partial charge in [-0.3, -0.25) is 0 Å². The second-order valence-corrected chi connectivity index (χ2v) is 7.28. The van der Waals surface area contributed by atoms with Crippen molar-refractivity contribution in [2.75, 3.05) is 6.54 Å². The molecule has 1 aromatic rings. The van der Waals surface area contributed by atoms with Crippen LogP contribution >= 0.6 is 23.2 Å². The first kappa shape index (κ1) is 15.1. The van der Waals surface area contributed by atoms with Gasteiger partial charge in [-0.2, -0.15) is 4.31 Å². The molecule has 0 amide bonds. The zero-order valence-corrected chi connectivity index (χ0v) is 13.1. The molecule has 1 saturated carbocycles. The molecule has 6 heteroatoms. The van der Waals surface area contributed by atoms with Gasteiger partial charge in [-0.05, 0) is 37.0 Å². The molecule has 0 unspecified atom stereocenters. The highest BCUT2D eigenvalue weighted by atomic mass is 35.5. The minimum Gasteiger partial charge on any atom is -0.207 e. The summed E-state index contributed by atoms with van der Waals surface area (Å²) < 4.78 is 27.0. The zero-order chi connectivity index (χ0) is 14.0. The lowest BCUT2D eigenvalue weighted by Gasteiger charge is -2.22. The Morgan fingerprint density at radius 3 is 2.58 bits per heavy atom. The van der Waals surface area contributed by atoms with Gasteiger partial charge in [0.2, 0.25) is 10.0 Å². The topological polar surface area (TPSA) is 37.4 Å². The summed E-state index contributed by atoms with van der Waals surface area (Å²) in [6, 6.07) is 5.06. The fourth-order valence-corrected chi connectivity index (χ4v) is 4.51. The van der Waals surface area contributed by atoms with Crippen LogP contribution in [0, 0.1) is 0 Å². The Morgan fingerprint density at radius 1 is 1.37 bits per heavy atom. The van der Waals surface area contributed by atoms with Crippen LogP contribution in [0.25, 0.3) is 0 Å². The normalized spacial score (nSPS) is 16.0. The van der Waals surface area contributed by atoms with Gasteiger partial charge in [-0.1, -0.05) is 24.6 Å². The molecule has 3 nitrogen and oxygen atoms in total. The molecular formula is C13H17Cl2NO2S. The van der Waals surface area contributed by atoms with Crippen LogP contribution in [0.15, 0.2) is 23.1 Å². The van der Waals surface area contributed by atoms with E-state index in [1.54, 1.807) is 22.5 Å². The number of nitrogens with zero attached hydrogens (tertiary/aromatic N) is 1. The molecule has 1 aliphatic carbocycles. The second-order valence-electron chi connectivity index (χ2n) is 4.75. The van der Waals surface area contributed by atoms with Crippen LogP contribution in [-0.4, -0.2) is 25.3 Å². The maximum absolute atomic E-state index is 12.7. The summed E-state index contributed by atoms with van der Waals surface area (Å²) in [4.78, 5) is 0.174. The Morgan fingerprint density at radius 2 is 2.05 bits per heavy atom. The summed E-state index contributed by atoms with van der Waals surface area (Å²) in [5, 5.41) is 0.260. The van der Waals surface area contributed by atoms with Crippen molar-refractivity contribution in [1.29, 1.82) is 0 Å². The van der Waals surface area contributed by atoms with E-state index in [2.05, 4.69) is 0 Å². The SMILES string of the molecule is CCCN(C1CC1)S(=O)(=O)c1cc(CCl)ccc1Cl. The van der Waals surface area contributed by atoms with Crippen LogP contribution in [0.2, 0.25) is 5.02 Å². The zero-order valence-electron chi connectivity index (χ0n) is 10.8. The molecule has 19 heavy (non-hydrogen) atoms. The Hall–Kier alpha value is -0.290. The van der Waals surface area contributed by atoms with Gasteiger partial charge >= 0.3 is 0 Å². The van der Waals surface area contributed by atoms with Crippen molar-refractivity contribution in [3.05, 3.63) is 28.8 Å². The van der Waals surface area contributed by atoms with Crippen LogP contribution in [0.4, 0.5) is 0 Å². The van der Waals surface area contributed by atoms with Gasteiger partial charge in [-0.15, -0.1) is 11.6 Å². The lowest BCUT2D eigenvalue weighted by atomic mass is 10.2. The number of alkyl halides is 1. The van der Waals surface area contributed by atoms with Crippen molar-refractivity contribution in [2.45, 2.75) is 43.0 Å². The molecule has 0 atom stereocenters. The average molecular weight is 322 g/mol. The van der Waals surface area contributed by atoms with Gasteiger partial charge in [0, 0.05) is 18.5 Å². The van der Waals surface area contributed by atoms with Crippen LogP contribution in [0.3, 0.4) is 0 Å². The minimum atomic E-state index is -3.52. The first-order valence-electron chi connectivity index (χ1n) is 6.37. The molecule has 0 aliphatic heterocycles. The van der Waals surface area contributed by atoms with Crippen molar-refractivity contribution >= 4 is 33.2 Å². The van der Waals surface area contributed by atoms with Gasteiger partial charge in [0.05, 0.1) is 5.02 Å². The van der Waals surface area contributed by atoms with Crippen LogP contribution in [0.5, 0.6) is 0 Å². The quantitative estimate of drug-likeness (QED) is 0.750. The predicted octanol–water partition coefficient (Wildman–Crippen LogP) is 3.64. The highest BCUT2D eigenvalue weighted by Crippen LogP contribution is 2.34. The number of rotatable bonds is 6. The molecule has 0 N–H and O–H groups in total. The number of benzene rings is 1. The summed E-state index contributed by atoms with van der Waals surface area (Å²) in [5.74, 6) is 0.275. The number of sulfonamides is 1. The fraction of sp³-hybridized carbons (Fsp3) is 0.538. The molecule has 1 fully saturated rings. The van der Waals surface area contributed by atoms with Crippen molar-refractivity contribution in [3.8, 4) is 0 Å². The Bertz CT molecular complexity index is 556. The molecule has 0 heterocycles. The van der Waals surface area contributed by atoms with E-state index in [1.165, 1.54) is 0 Å². The third-order valence-electron chi connectivity index (χ3n) is 3.13. The molecule has 1 aliphatic rings. The minimum absolute atomic E-state index is 0.140. The molecule has 0 spiro atoms. The summed E-state index contributed by atoms with van der Waals surface area (Å²) in [6.45, 7) is 2.51. The van der Waals surface area contributed by atoms with E-state index >= 15 is 0 Å². The van der Waals surface area contributed by atoms with Gasteiger partial charge in [0.1, 0.15) is 4.90 Å². The van der Waals surface area contributed by atoms with Crippen LogP contribution < -0.4 is 0 Å². The van der Waals surface area contributed by atoms with E-state index in [1.807, 2.05) is 6.92 Å². The second kappa shape index (κ2) is 6.00. The monoisotopic (exact) mass is 321 g/mol. The smallest absolute Gasteiger partial charge is 0.207 e. The molecule has 106 valence electrons. The number of hydrogen-bond donors (Lipinski definition) is 0. The molecule has 1 aromatic carbocycles. The van der Waals surface area contributed by atoms with Crippen LogP contribution in [-0.2, 0) is 15.9 Å². The van der Waals surface area contributed by atoms with Crippen molar-refractivity contribution < 1.29 is 8.42 Å². The van der Waals surface area contributed by atoms with Crippen molar-refractivity contribution in [3.63, 3.8) is 0 Å². The fourth-order valence-electron chi connectivity index (χ4n) is 2.04. The van der Waals surface area contributed by atoms with E-state index in [0.717, 1.165) is 24.8 Å². The predicted molar refractivity (Wildman–Crippen MR) is 78.2 cm³/mol. The van der Waals surface area contributed by atoms with Crippen LogP contribution in [0.1, 0.15) is 31.7 Å². The van der Waals surface area contributed by atoms with E-state index in [-0.39, 0.29) is 21.8 Å². The third kappa shape index (κ3) is 3.24. The van der Waals surface area contributed by atoms with E-state index in [4.69, 9.17) is 23.2 Å². The largest absolute Gasteiger partial charge is 0.244 e. The molecule has 2 rings (SSSR count). The van der Waals surface area contributed by atoms with E-state index in [0.29, 0.717) is 6.54 Å². The number of halogens is 2. The van der Waals surface area contributed by atoms with E-state index in [9.17, 15) is 8.42 Å². The summed E-state index contributed by atoms with van der Waals surface area (Å²) in [7, 11) is -3.52. The molecule has 0 aromatic heterocycles. The third-order valence-corrected chi connectivity index (χ3v) is 5.88. The standard InChI is InChI=1S/C13H17Cl2NO2S/c1-2-7-16(11-4-5-11)19(17,18)13-8-10(9-14)3-6-12(13)15/h3,6,8,11H,2,4-5,7,9H2,1H3. The first-order valence-corrected chi connectivity index (χ1v) is 8.72. The van der Waals surface area contributed by atoms with E-state index < -0.39 is 10.0 Å². The maximum atomic E-state index is 12.7. The Balaban J connectivity index is 2.42. The van der Waals surface area contributed by atoms with Crippen molar-refractivity contribution in [1.82, 2.24) is 4.31 Å². The Kier molecular flexibility index (Phi) is 4.77. The maximum Gasteiger partial charge on any atom is 0.244 e. The molecule has 0 bridgehead atoms. The van der Waals surface area contributed by atoms with Crippen molar-refractivity contribution in [2.24, 2.45) is 0 Å². The van der Waals surface area contributed by atoms with Gasteiger partial charge in [0.15, 0.2) is 0 Å². The highest BCUT2D eigenvalue weighted by Gasteiger charge is 2.38. The molecule has 0 saturated heterocycles. The van der Waals surface area contributed by atoms with Gasteiger partial charge in [0.25, 0.3) is 0 Å². The lowest BCUT2D eigenvalue weighted by Crippen LogP contribution is -2.34. The summed E-state index contributed by atoms with van der Waals surface area (Å²) in [6.07, 6.45) is 2.67.